The van der Waals surface area contributed by atoms with Gasteiger partial charge in [0.25, 0.3) is 5.91 Å². The summed E-state index contributed by atoms with van der Waals surface area (Å²) in [6.45, 7) is 0.506. The number of nitrogens with one attached hydrogen (secondary N) is 1. The number of likely N-dealkylation sites (N-methyl/N-ethyl adjacent to an activating group) is 1. The lowest BCUT2D eigenvalue weighted by Crippen LogP contribution is -2.35. The predicted octanol–water partition coefficient (Wildman–Crippen LogP) is 3.47. The van der Waals surface area contributed by atoms with Gasteiger partial charge in [-0.15, -0.1) is 0 Å². The summed E-state index contributed by atoms with van der Waals surface area (Å²) in [5, 5.41) is 3.41. The molecule has 1 heterocycles. The molecule has 0 bridgehead atoms. The van der Waals surface area contributed by atoms with Gasteiger partial charge in [0.1, 0.15) is 0 Å². The molecule has 1 N–H and O–H groups in total. The lowest BCUT2D eigenvalue weighted by atomic mass is 10.1. The number of hydrogen-bond acceptors (Lipinski definition) is 2. The Labute approximate surface area is 144 Å². The zero-order valence-corrected chi connectivity index (χ0v) is 15.1. The first-order chi connectivity index (χ1) is 10.4. The van der Waals surface area contributed by atoms with Gasteiger partial charge in [-0.1, -0.05) is 27.5 Å². The average Bonchev–Trinajstić information content (AvgIpc) is 2.87. The minimum Gasteiger partial charge on any atom is -0.353 e. The molecule has 0 saturated carbocycles. The third-order valence-corrected chi connectivity index (χ3v) is 4.40. The van der Waals surface area contributed by atoms with Gasteiger partial charge in [-0.2, -0.15) is 0 Å². The van der Waals surface area contributed by atoms with Crippen molar-refractivity contribution < 1.29 is 4.79 Å². The van der Waals surface area contributed by atoms with E-state index in [-0.39, 0.29) is 11.9 Å². The van der Waals surface area contributed by atoms with E-state index < -0.39 is 0 Å². The van der Waals surface area contributed by atoms with Crippen molar-refractivity contribution in [2.24, 2.45) is 7.05 Å². The van der Waals surface area contributed by atoms with E-state index in [1.165, 1.54) is 0 Å². The first-order valence-corrected chi connectivity index (χ1v) is 8.08. The van der Waals surface area contributed by atoms with E-state index >= 15 is 0 Å². The topological polar surface area (TPSA) is 37.3 Å². The van der Waals surface area contributed by atoms with Crippen LogP contribution in [0.1, 0.15) is 22.1 Å². The van der Waals surface area contributed by atoms with E-state index in [4.69, 9.17) is 11.6 Å². The van der Waals surface area contributed by atoms with Gasteiger partial charge in [0.2, 0.25) is 0 Å². The van der Waals surface area contributed by atoms with Crippen LogP contribution in [-0.2, 0) is 7.05 Å². The fourth-order valence-corrected chi connectivity index (χ4v) is 2.89. The maximum atomic E-state index is 12.4. The highest BCUT2D eigenvalue weighted by molar-refractivity contribution is 9.10. The van der Waals surface area contributed by atoms with Gasteiger partial charge in [-0.25, -0.2) is 0 Å². The molecule has 1 aromatic heterocycles. The molecule has 0 aliphatic carbocycles. The molecular weight excluding hydrogens is 366 g/mol. The Morgan fingerprint density at radius 3 is 2.73 bits per heavy atom. The van der Waals surface area contributed by atoms with Crippen molar-refractivity contribution in [1.82, 2.24) is 14.8 Å². The Morgan fingerprint density at radius 1 is 1.41 bits per heavy atom. The summed E-state index contributed by atoms with van der Waals surface area (Å²) in [6, 6.07) is 9.40. The molecule has 0 fully saturated rings. The van der Waals surface area contributed by atoms with Crippen molar-refractivity contribution in [2.75, 3.05) is 20.6 Å². The highest BCUT2D eigenvalue weighted by Gasteiger charge is 2.19. The number of hydrogen-bond donors (Lipinski definition) is 1. The second kappa shape index (κ2) is 7.31. The number of halogens is 2. The molecule has 2 rings (SSSR count). The minimum absolute atomic E-state index is 0.0925. The Bertz CT molecular complexity index is 669. The van der Waals surface area contributed by atoms with Gasteiger partial charge < -0.3 is 9.88 Å². The normalized spacial score (nSPS) is 12.5. The molecule has 22 heavy (non-hydrogen) atoms. The molecule has 0 saturated heterocycles. The quantitative estimate of drug-likeness (QED) is 0.857. The highest BCUT2D eigenvalue weighted by atomic mass is 79.9. The summed E-state index contributed by atoms with van der Waals surface area (Å²) < 4.78 is 2.89. The van der Waals surface area contributed by atoms with Crippen LogP contribution in [0.25, 0.3) is 0 Å². The molecule has 1 amide bonds. The van der Waals surface area contributed by atoms with Gasteiger partial charge in [-0.3, -0.25) is 9.69 Å². The number of benzene rings is 1. The molecule has 4 nitrogen and oxygen atoms in total. The lowest BCUT2D eigenvalue weighted by molar-refractivity contribution is 0.0941. The third-order valence-electron chi connectivity index (χ3n) is 3.58. The molecule has 0 aliphatic heterocycles. The van der Waals surface area contributed by atoms with Gasteiger partial charge in [0.15, 0.2) is 0 Å². The number of aryl methyl sites for hydroxylation is 1. The van der Waals surface area contributed by atoms with Crippen LogP contribution in [0.4, 0.5) is 0 Å². The number of nitrogens with zero attached hydrogens (tertiary/aromatic N) is 2. The van der Waals surface area contributed by atoms with Gasteiger partial charge in [-0.05, 0) is 44.4 Å². The first-order valence-electron chi connectivity index (χ1n) is 6.91. The molecule has 118 valence electrons. The van der Waals surface area contributed by atoms with E-state index in [9.17, 15) is 4.79 Å². The monoisotopic (exact) mass is 383 g/mol. The van der Waals surface area contributed by atoms with Crippen LogP contribution in [-0.4, -0.2) is 36.0 Å². The Balaban J connectivity index is 2.11. The van der Waals surface area contributed by atoms with Gasteiger partial charge >= 0.3 is 0 Å². The standard InChI is InChI=1S/C16H19BrClN3O/c1-20(2)15(14-5-4-8-21(14)3)10-19-16(22)12-9-11(17)6-7-13(12)18/h4-9,15H,10H2,1-3H3,(H,19,22). The van der Waals surface area contributed by atoms with E-state index in [1.54, 1.807) is 12.1 Å². The van der Waals surface area contributed by atoms with Crippen molar-refractivity contribution in [3.63, 3.8) is 0 Å². The van der Waals surface area contributed by atoms with E-state index in [0.717, 1.165) is 10.2 Å². The molecule has 0 radical (unpaired) electrons. The van der Waals surface area contributed by atoms with E-state index in [2.05, 4.69) is 36.8 Å². The molecule has 1 aromatic carbocycles. The van der Waals surface area contributed by atoms with E-state index in [1.807, 2.05) is 39.5 Å². The van der Waals surface area contributed by atoms with Gasteiger partial charge in [0.05, 0.1) is 16.6 Å². The Morgan fingerprint density at radius 2 is 2.14 bits per heavy atom. The number of amides is 1. The van der Waals surface area contributed by atoms with Crippen molar-refractivity contribution in [3.8, 4) is 0 Å². The molecule has 0 spiro atoms. The summed E-state index contributed by atoms with van der Waals surface area (Å²) in [4.78, 5) is 14.4. The molecule has 0 aliphatic rings. The summed E-state index contributed by atoms with van der Waals surface area (Å²) >= 11 is 9.46. The minimum atomic E-state index is -0.174. The summed E-state index contributed by atoms with van der Waals surface area (Å²) in [7, 11) is 5.99. The van der Waals surface area contributed by atoms with Crippen LogP contribution < -0.4 is 5.32 Å². The van der Waals surface area contributed by atoms with Crippen LogP contribution in [0.5, 0.6) is 0 Å². The summed E-state index contributed by atoms with van der Waals surface area (Å²) in [6.07, 6.45) is 2.00. The second-order valence-corrected chi connectivity index (χ2v) is 6.68. The number of carbonyl (C=O) groups is 1. The zero-order valence-electron chi connectivity index (χ0n) is 12.8. The molecule has 1 unspecified atom stereocenters. The number of rotatable bonds is 5. The zero-order chi connectivity index (χ0) is 16.3. The molecular formula is C16H19BrClN3O. The van der Waals surface area contributed by atoms with Crippen molar-refractivity contribution in [3.05, 3.63) is 57.3 Å². The van der Waals surface area contributed by atoms with Crippen LogP contribution >= 0.6 is 27.5 Å². The van der Waals surface area contributed by atoms with Crippen LogP contribution in [0.3, 0.4) is 0 Å². The largest absolute Gasteiger partial charge is 0.353 e. The third kappa shape index (κ3) is 3.91. The Hall–Kier alpha value is -1.30. The highest BCUT2D eigenvalue weighted by Crippen LogP contribution is 2.22. The fourth-order valence-electron chi connectivity index (χ4n) is 2.33. The lowest BCUT2D eigenvalue weighted by Gasteiger charge is -2.25. The predicted molar refractivity (Wildman–Crippen MR) is 93.3 cm³/mol. The SMILES string of the molecule is CN(C)C(CNC(=O)c1cc(Br)ccc1Cl)c1cccn1C. The molecule has 2 aromatic rings. The maximum Gasteiger partial charge on any atom is 0.252 e. The second-order valence-electron chi connectivity index (χ2n) is 5.36. The van der Waals surface area contributed by atoms with Crippen molar-refractivity contribution in [1.29, 1.82) is 0 Å². The summed E-state index contributed by atoms with van der Waals surface area (Å²) in [5.74, 6) is -0.174. The van der Waals surface area contributed by atoms with Crippen LogP contribution in [0.15, 0.2) is 41.0 Å². The molecule has 6 heteroatoms. The van der Waals surface area contributed by atoms with Crippen molar-refractivity contribution in [2.45, 2.75) is 6.04 Å². The number of carbonyl (C=O) groups excluding carboxylic acids is 1. The van der Waals surface area contributed by atoms with Crippen LogP contribution in [0, 0.1) is 0 Å². The molecule has 1 atom stereocenters. The first kappa shape index (κ1) is 17.1. The van der Waals surface area contributed by atoms with Crippen LogP contribution in [0.2, 0.25) is 5.02 Å². The Kier molecular flexibility index (Phi) is 5.67. The van der Waals surface area contributed by atoms with Gasteiger partial charge in [0, 0.05) is 30.0 Å². The van der Waals surface area contributed by atoms with E-state index in [0.29, 0.717) is 17.1 Å². The maximum absolute atomic E-state index is 12.4. The smallest absolute Gasteiger partial charge is 0.252 e. The average molecular weight is 385 g/mol. The van der Waals surface area contributed by atoms with Crippen molar-refractivity contribution >= 4 is 33.4 Å². The summed E-state index contributed by atoms with van der Waals surface area (Å²) in [5.41, 5.74) is 1.62. The number of aromatic nitrogens is 1. The fraction of sp³-hybridized carbons (Fsp3) is 0.312.